The number of para-hydroxylation sites is 2. The largest absolute Gasteiger partial charge is 0.371 e. The molecule has 1 aliphatic rings. The Kier molecular flexibility index (Phi) is 5.58. The number of aryl methyl sites for hydroxylation is 1. The summed E-state index contributed by atoms with van der Waals surface area (Å²) in [4.78, 5) is 17.4. The third kappa shape index (κ3) is 3.87. The smallest absolute Gasteiger partial charge is 0.258 e. The number of carbonyl (C=O) groups is 1. The van der Waals surface area contributed by atoms with Crippen LogP contribution in [-0.4, -0.2) is 40.7 Å². The molecule has 150 valence electrons. The maximum atomic E-state index is 13.2. The molecule has 1 saturated heterocycles. The van der Waals surface area contributed by atoms with Crippen molar-refractivity contribution in [2.75, 3.05) is 25.0 Å². The number of halogens is 1. The van der Waals surface area contributed by atoms with Crippen LogP contribution in [0, 0.1) is 6.92 Å². The van der Waals surface area contributed by atoms with Crippen molar-refractivity contribution in [2.45, 2.75) is 26.3 Å². The van der Waals surface area contributed by atoms with Crippen molar-refractivity contribution in [3.8, 4) is 5.69 Å². The Hall–Kier alpha value is -2.79. The summed E-state index contributed by atoms with van der Waals surface area (Å²) < 4.78 is 1.62. The minimum absolute atomic E-state index is 0.120. The molecule has 29 heavy (non-hydrogen) atoms. The summed E-state index contributed by atoms with van der Waals surface area (Å²) in [6.45, 7) is 4.50. The maximum absolute atomic E-state index is 13.2. The second-order valence-corrected chi connectivity index (χ2v) is 7.84. The molecule has 1 aromatic heterocycles. The summed E-state index contributed by atoms with van der Waals surface area (Å²) in [5, 5.41) is 4.85. The number of benzene rings is 2. The normalized spacial score (nSPS) is 13.7. The van der Waals surface area contributed by atoms with Crippen LogP contribution in [0.4, 0.5) is 5.69 Å². The number of rotatable bonds is 5. The molecule has 0 spiro atoms. The van der Waals surface area contributed by atoms with E-state index < -0.39 is 0 Å². The molecule has 1 amide bonds. The van der Waals surface area contributed by atoms with Crippen LogP contribution in [0.3, 0.4) is 0 Å². The lowest BCUT2D eigenvalue weighted by Gasteiger charge is -2.24. The zero-order chi connectivity index (χ0) is 20.4. The van der Waals surface area contributed by atoms with Crippen LogP contribution in [0.15, 0.2) is 54.6 Å². The number of amides is 1. The molecule has 0 unspecified atom stereocenters. The minimum atomic E-state index is -0.120. The van der Waals surface area contributed by atoms with Crippen LogP contribution >= 0.6 is 11.6 Å². The average molecular weight is 409 g/mol. The van der Waals surface area contributed by atoms with E-state index in [4.69, 9.17) is 11.6 Å². The molecule has 0 N–H and O–H groups in total. The lowest BCUT2D eigenvalue weighted by molar-refractivity contribution is 0.0784. The fraction of sp³-hybridized carbons (Fsp3) is 0.304. The van der Waals surface area contributed by atoms with Crippen LogP contribution < -0.4 is 4.90 Å². The lowest BCUT2D eigenvalue weighted by atomic mass is 10.1. The topological polar surface area (TPSA) is 41.4 Å². The minimum Gasteiger partial charge on any atom is -0.371 e. The molecule has 0 aliphatic carbocycles. The first kappa shape index (κ1) is 19.5. The fourth-order valence-corrected chi connectivity index (χ4v) is 4.26. The lowest BCUT2D eigenvalue weighted by Crippen LogP contribution is -2.28. The molecule has 2 aromatic carbocycles. The second-order valence-electron chi connectivity index (χ2n) is 7.48. The van der Waals surface area contributed by atoms with Gasteiger partial charge in [0.1, 0.15) is 5.15 Å². The zero-order valence-electron chi connectivity index (χ0n) is 16.8. The van der Waals surface area contributed by atoms with E-state index in [0.29, 0.717) is 23.0 Å². The molecular formula is C23H25ClN4O. The molecule has 0 bridgehead atoms. The molecule has 4 rings (SSSR count). The summed E-state index contributed by atoms with van der Waals surface area (Å²) in [6, 6.07) is 17.9. The Morgan fingerprint density at radius 3 is 2.45 bits per heavy atom. The molecule has 6 heteroatoms. The van der Waals surface area contributed by atoms with Crippen molar-refractivity contribution < 1.29 is 4.79 Å². The highest BCUT2D eigenvalue weighted by Crippen LogP contribution is 2.28. The summed E-state index contributed by atoms with van der Waals surface area (Å²) >= 11 is 6.59. The number of nitrogens with zero attached hydrogens (tertiary/aromatic N) is 4. The maximum Gasteiger partial charge on any atom is 0.258 e. The first-order valence-corrected chi connectivity index (χ1v) is 10.3. The molecule has 0 saturated carbocycles. The van der Waals surface area contributed by atoms with Crippen molar-refractivity contribution in [1.29, 1.82) is 0 Å². The van der Waals surface area contributed by atoms with Crippen molar-refractivity contribution in [3.05, 3.63) is 76.6 Å². The molecule has 2 heterocycles. The van der Waals surface area contributed by atoms with Gasteiger partial charge in [-0.1, -0.05) is 48.0 Å². The molecule has 3 aromatic rings. The SMILES string of the molecule is Cc1nn(-c2ccccc2)c(Cl)c1C(=O)N(C)Cc1ccccc1N1CCCC1. The monoisotopic (exact) mass is 408 g/mol. The van der Waals surface area contributed by atoms with Gasteiger partial charge in [0.25, 0.3) is 5.91 Å². The van der Waals surface area contributed by atoms with Crippen LogP contribution in [0.25, 0.3) is 5.69 Å². The molecule has 0 atom stereocenters. The van der Waals surface area contributed by atoms with Gasteiger partial charge in [-0.15, -0.1) is 0 Å². The number of hydrogen-bond acceptors (Lipinski definition) is 3. The van der Waals surface area contributed by atoms with E-state index in [1.54, 1.807) is 9.58 Å². The number of anilines is 1. The van der Waals surface area contributed by atoms with Crippen LogP contribution in [0.1, 0.15) is 34.5 Å². The molecule has 5 nitrogen and oxygen atoms in total. The van der Waals surface area contributed by atoms with Crippen molar-refractivity contribution in [2.24, 2.45) is 0 Å². The molecule has 0 radical (unpaired) electrons. The van der Waals surface area contributed by atoms with E-state index in [0.717, 1.165) is 24.3 Å². The fourth-order valence-electron chi connectivity index (χ4n) is 3.91. The van der Waals surface area contributed by atoms with Gasteiger partial charge in [0.2, 0.25) is 0 Å². The Morgan fingerprint density at radius 2 is 1.72 bits per heavy atom. The Balaban J connectivity index is 1.59. The summed E-state index contributed by atoms with van der Waals surface area (Å²) in [5.74, 6) is -0.120. The number of aromatic nitrogens is 2. The van der Waals surface area contributed by atoms with E-state index in [-0.39, 0.29) is 5.91 Å². The van der Waals surface area contributed by atoms with Gasteiger partial charge in [-0.3, -0.25) is 4.79 Å². The van der Waals surface area contributed by atoms with Gasteiger partial charge < -0.3 is 9.80 Å². The summed E-state index contributed by atoms with van der Waals surface area (Å²) in [5.41, 5.74) is 4.28. The van der Waals surface area contributed by atoms with Crippen LogP contribution in [0.5, 0.6) is 0 Å². The summed E-state index contributed by atoms with van der Waals surface area (Å²) in [6.07, 6.45) is 2.44. The standard InChI is InChI=1S/C23H25ClN4O/c1-17-21(22(24)28(25-17)19-11-4-3-5-12-19)23(29)26(2)16-18-10-6-7-13-20(18)27-14-8-9-15-27/h3-7,10-13H,8-9,14-16H2,1-2H3. The van der Waals surface area contributed by atoms with Gasteiger partial charge in [-0.05, 0) is 43.5 Å². The Morgan fingerprint density at radius 1 is 1.07 bits per heavy atom. The summed E-state index contributed by atoms with van der Waals surface area (Å²) in [7, 11) is 1.82. The highest BCUT2D eigenvalue weighted by molar-refractivity contribution is 6.33. The highest BCUT2D eigenvalue weighted by Gasteiger charge is 2.25. The van der Waals surface area contributed by atoms with E-state index in [1.165, 1.54) is 18.5 Å². The van der Waals surface area contributed by atoms with Gasteiger partial charge in [-0.2, -0.15) is 5.10 Å². The first-order valence-electron chi connectivity index (χ1n) is 9.95. The van der Waals surface area contributed by atoms with Crippen molar-refractivity contribution in [3.63, 3.8) is 0 Å². The first-order chi connectivity index (χ1) is 14.1. The zero-order valence-corrected chi connectivity index (χ0v) is 17.6. The average Bonchev–Trinajstić information content (AvgIpc) is 3.37. The third-order valence-corrected chi connectivity index (χ3v) is 5.76. The van der Waals surface area contributed by atoms with Gasteiger partial charge in [-0.25, -0.2) is 4.68 Å². The van der Waals surface area contributed by atoms with E-state index >= 15 is 0 Å². The molecular weight excluding hydrogens is 384 g/mol. The van der Waals surface area contributed by atoms with Crippen LogP contribution in [-0.2, 0) is 6.54 Å². The predicted molar refractivity (Wildman–Crippen MR) is 117 cm³/mol. The van der Waals surface area contributed by atoms with E-state index in [1.807, 2.05) is 50.4 Å². The Bertz CT molecular complexity index is 1010. The Labute approximate surface area is 176 Å². The van der Waals surface area contributed by atoms with Gasteiger partial charge in [0.15, 0.2) is 0 Å². The van der Waals surface area contributed by atoms with Crippen molar-refractivity contribution >= 4 is 23.2 Å². The van der Waals surface area contributed by atoms with Crippen LogP contribution in [0.2, 0.25) is 5.15 Å². The van der Waals surface area contributed by atoms with Gasteiger partial charge in [0.05, 0.1) is 16.9 Å². The number of carbonyl (C=O) groups excluding carboxylic acids is 1. The quantitative estimate of drug-likeness (QED) is 0.614. The predicted octanol–water partition coefficient (Wildman–Crippen LogP) is 4.71. The van der Waals surface area contributed by atoms with E-state index in [2.05, 4.69) is 28.2 Å². The molecule has 1 fully saturated rings. The number of hydrogen-bond donors (Lipinski definition) is 0. The van der Waals surface area contributed by atoms with Gasteiger partial charge >= 0.3 is 0 Å². The third-order valence-electron chi connectivity index (χ3n) is 5.41. The van der Waals surface area contributed by atoms with Gasteiger partial charge in [0, 0.05) is 32.4 Å². The molecule has 1 aliphatic heterocycles. The highest BCUT2D eigenvalue weighted by atomic mass is 35.5. The second kappa shape index (κ2) is 8.29. The van der Waals surface area contributed by atoms with E-state index in [9.17, 15) is 4.79 Å². The van der Waals surface area contributed by atoms with Crippen molar-refractivity contribution in [1.82, 2.24) is 14.7 Å².